The standard InChI is InChI=1S/C6H9N3OS/c10-5-7-6(9-8-5)11-3-4-1-2-4/h4H,1-3H2,(H2,7,8,9,10). The van der Waals surface area contributed by atoms with Crippen molar-refractivity contribution in [2.24, 2.45) is 5.92 Å². The van der Waals surface area contributed by atoms with E-state index in [0.717, 1.165) is 11.7 Å². The van der Waals surface area contributed by atoms with Gasteiger partial charge in [0.25, 0.3) is 0 Å². The first-order valence-corrected chi connectivity index (χ1v) is 4.60. The van der Waals surface area contributed by atoms with Crippen LogP contribution in [0, 0.1) is 5.92 Å². The summed E-state index contributed by atoms with van der Waals surface area (Å²) in [4.78, 5) is 13.2. The number of aromatic amines is 2. The minimum atomic E-state index is -0.219. The van der Waals surface area contributed by atoms with Crippen LogP contribution >= 0.6 is 11.8 Å². The number of nitrogens with one attached hydrogen (secondary N) is 2. The van der Waals surface area contributed by atoms with Gasteiger partial charge in [-0.15, -0.1) is 5.10 Å². The summed E-state index contributed by atoms with van der Waals surface area (Å²) < 4.78 is 0. The SMILES string of the molecule is O=c1[nH]nc(SCC2CC2)[nH]1. The van der Waals surface area contributed by atoms with Gasteiger partial charge in [-0.05, 0) is 18.8 Å². The van der Waals surface area contributed by atoms with E-state index >= 15 is 0 Å². The molecule has 0 bridgehead atoms. The summed E-state index contributed by atoms with van der Waals surface area (Å²) in [5.41, 5.74) is -0.219. The van der Waals surface area contributed by atoms with Gasteiger partial charge in [-0.2, -0.15) is 0 Å². The molecular formula is C6H9N3OS. The first-order valence-electron chi connectivity index (χ1n) is 3.62. The lowest BCUT2D eigenvalue weighted by Gasteiger charge is -1.90. The molecule has 4 nitrogen and oxygen atoms in total. The minimum Gasteiger partial charge on any atom is -0.284 e. The molecule has 0 unspecified atom stereocenters. The lowest BCUT2D eigenvalue weighted by molar-refractivity contribution is 0.951. The number of H-pyrrole nitrogens is 2. The summed E-state index contributed by atoms with van der Waals surface area (Å²) >= 11 is 1.61. The molecule has 1 aromatic heterocycles. The van der Waals surface area contributed by atoms with Gasteiger partial charge in [0.15, 0.2) is 5.16 Å². The van der Waals surface area contributed by atoms with Gasteiger partial charge in [-0.25, -0.2) is 9.89 Å². The van der Waals surface area contributed by atoms with Crippen LogP contribution in [0.3, 0.4) is 0 Å². The van der Waals surface area contributed by atoms with Crippen molar-refractivity contribution in [1.82, 2.24) is 15.2 Å². The van der Waals surface area contributed by atoms with E-state index in [1.54, 1.807) is 11.8 Å². The van der Waals surface area contributed by atoms with Crippen LogP contribution in [0.4, 0.5) is 0 Å². The van der Waals surface area contributed by atoms with Gasteiger partial charge < -0.3 is 0 Å². The third-order valence-electron chi connectivity index (χ3n) is 1.63. The molecule has 1 fully saturated rings. The van der Waals surface area contributed by atoms with Crippen molar-refractivity contribution >= 4 is 11.8 Å². The predicted octanol–water partition coefficient (Wildman–Crippen LogP) is 0.600. The van der Waals surface area contributed by atoms with E-state index in [9.17, 15) is 4.79 Å². The Bertz CT molecular complexity index is 288. The number of rotatable bonds is 3. The molecule has 0 aliphatic heterocycles. The number of hydrogen-bond donors (Lipinski definition) is 2. The molecule has 0 radical (unpaired) electrons. The van der Waals surface area contributed by atoms with Crippen LogP contribution in [0.1, 0.15) is 12.8 Å². The molecule has 5 heteroatoms. The van der Waals surface area contributed by atoms with Gasteiger partial charge in [-0.1, -0.05) is 11.8 Å². The highest BCUT2D eigenvalue weighted by atomic mass is 32.2. The predicted molar refractivity (Wildman–Crippen MR) is 42.7 cm³/mol. The molecule has 2 N–H and O–H groups in total. The van der Waals surface area contributed by atoms with Crippen molar-refractivity contribution < 1.29 is 0 Å². The summed E-state index contributed by atoms with van der Waals surface area (Å²) in [5, 5.41) is 6.83. The van der Waals surface area contributed by atoms with E-state index < -0.39 is 0 Å². The first kappa shape index (κ1) is 6.97. The van der Waals surface area contributed by atoms with E-state index in [2.05, 4.69) is 15.2 Å². The van der Waals surface area contributed by atoms with E-state index in [-0.39, 0.29) is 5.69 Å². The molecule has 1 heterocycles. The van der Waals surface area contributed by atoms with Crippen LogP contribution in [0.25, 0.3) is 0 Å². The Labute approximate surface area is 67.8 Å². The van der Waals surface area contributed by atoms with Crippen LogP contribution in [-0.2, 0) is 0 Å². The first-order chi connectivity index (χ1) is 5.34. The fraction of sp³-hybridized carbons (Fsp3) is 0.667. The second-order valence-corrected chi connectivity index (χ2v) is 3.75. The van der Waals surface area contributed by atoms with Crippen molar-refractivity contribution in [2.75, 3.05) is 5.75 Å². The molecule has 1 saturated carbocycles. The van der Waals surface area contributed by atoms with Crippen molar-refractivity contribution in [3.63, 3.8) is 0 Å². The van der Waals surface area contributed by atoms with Crippen LogP contribution < -0.4 is 5.69 Å². The zero-order valence-electron chi connectivity index (χ0n) is 5.96. The summed E-state index contributed by atoms with van der Waals surface area (Å²) in [7, 11) is 0. The summed E-state index contributed by atoms with van der Waals surface area (Å²) in [6.07, 6.45) is 2.67. The Morgan fingerprint density at radius 2 is 2.45 bits per heavy atom. The maximum absolute atomic E-state index is 10.6. The zero-order chi connectivity index (χ0) is 7.68. The van der Waals surface area contributed by atoms with Gasteiger partial charge in [0.05, 0.1) is 0 Å². The Balaban J connectivity index is 1.89. The number of nitrogens with zero attached hydrogens (tertiary/aromatic N) is 1. The minimum absolute atomic E-state index is 0.219. The molecule has 2 rings (SSSR count). The highest BCUT2D eigenvalue weighted by Crippen LogP contribution is 2.33. The average molecular weight is 171 g/mol. The second-order valence-electron chi connectivity index (χ2n) is 2.74. The van der Waals surface area contributed by atoms with E-state index in [1.807, 2.05) is 0 Å². The second kappa shape index (κ2) is 2.73. The van der Waals surface area contributed by atoms with Gasteiger partial charge in [-0.3, -0.25) is 4.98 Å². The van der Waals surface area contributed by atoms with Gasteiger partial charge >= 0.3 is 5.69 Å². The molecule has 1 aliphatic rings. The quantitative estimate of drug-likeness (QED) is 0.655. The third kappa shape index (κ3) is 1.86. The smallest absolute Gasteiger partial charge is 0.284 e. The highest BCUT2D eigenvalue weighted by molar-refractivity contribution is 7.99. The molecule has 1 aromatic rings. The molecule has 1 aliphatic carbocycles. The maximum Gasteiger partial charge on any atom is 0.341 e. The molecule has 60 valence electrons. The lowest BCUT2D eigenvalue weighted by atomic mass is 10.5. The molecule has 11 heavy (non-hydrogen) atoms. The Morgan fingerprint density at radius 3 is 3.00 bits per heavy atom. The summed E-state index contributed by atoms with van der Waals surface area (Å²) in [5.74, 6) is 1.95. The molecular weight excluding hydrogens is 162 g/mol. The third-order valence-corrected chi connectivity index (χ3v) is 2.74. The van der Waals surface area contributed by atoms with Crippen molar-refractivity contribution in [1.29, 1.82) is 0 Å². The molecule has 0 saturated heterocycles. The molecule has 0 aromatic carbocycles. The van der Waals surface area contributed by atoms with Crippen molar-refractivity contribution in [3.8, 4) is 0 Å². The normalized spacial score (nSPS) is 17.1. The van der Waals surface area contributed by atoms with Crippen molar-refractivity contribution in [2.45, 2.75) is 18.0 Å². The van der Waals surface area contributed by atoms with Crippen LogP contribution in [0.2, 0.25) is 0 Å². The molecule has 0 spiro atoms. The Hall–Kier alpha value is -0.710. The fourth-order valence-corrected chi connectivity index (χ4v) is 1.81. The number of hydrogen-bond acceptors (Lipinski definition) is 3. The topological polar surface area (TPSA) is 61.5 Å². The van der Waals surface area contributed by atoms with Crippen LogP contribution in [-0.4, -0.2) is 20.9 Å². The van der Waals surface area contributed by atoms with Crippen LogP contribution in [0.15, 0.2) is 9.95 Å². The largest absolute Gasteiger partial charge is 0.341 e. The summed E-state index contributed by atoms with van der Waals surface area (Å²) in [6.45, 7) is 0. The van der Waals surface area contributed by atoms with E-state index in [1.165, 1.54) is 12.8 Å². The van der Waals surface area contributed by atoms with E-state index in [0.29, 0.717) is 5.16 Å². The number of aromatic nitrogens is 3. The zero-order valence-corrected chi connectivity index (χ0v) is 6.78. The van der Waals surface area contributed by atoms with Crippen LogP contribution in [0.5, 0.6) is 0 Å². The molecule has 0 atom stereocenters. The van der Waals surface area contributed by atoms with Crippen molar-refractivity contribution in [3.05, 3.63) is 10.5 Å². The van der Waals surface area contributed by atoms with Gasteiger partial charge in [0.1, 0.15) is 0 Å². The fourth-order valence-electron chi connectivity index (χ4n) is 0.804. The number of thioether (sulfide) groups is 1. The van der Waals surface area contributed by atoms with Gasteiger partial charge in [0, 0.05) is 5.75 Å². The maximum atomic E-state index is 10.6. The summed E-state index contributed by atoms with van der Waals surface area (Å²) in [6, 6.07) is 0. The Kier molecular flexibility index (Phi) is 1.73. The molecule has 0 amide bonds. The van der Waals surface area contributed by atoms with Gasteiger partial charge in [0.2, 0.25) is 0 Å². The highest BCUT2D eigenvalue weighted by Gasteiger charge is 2.21. The van der Waals surface area contributed by atoms with E-state index in [4.69, 9.17) is 0 Å². The monoisotopic (exact) mass is 171 g/mol. The lowest BCUT2D eigenvalue weighted by Crippen LogP contribution is -2.00. The average Bonchev–Trinajstić information content (AvgIpc) is 2.72. The Morgan fingerprint density at radius 1 is 1.64 bits per heavy atom.